The zero-order valence-corrected chi connectivity index (χ0v) is 15.1. The zero-order chi connectivity index (χ0) is 19.3. The number of hydrogen-bond acceptors (Lipinski definition) is 3. The van der Waals surface area contributed by atoms with Crippen LogP contribution in [0, 0.1) is 0 Å². The van der Waals surface area contributed by atoms with Crippen LogP contribution >= 0.6 is 0 Å². The SMILES string of the molecule is O=C(O)c1ccccc1NCc1ccc(Oc2ccc3ccccc3c2)cc1. The van der Waals surface area contributed by atoms with E-state index in [9.17, 15) is 9.90 Å². The number of carboxylic acids is 1. The Bertz CT molecular complexity index is 1120. The molecule has 0 saturated carbocycles. The van der Waals surface area contributed by atoms with Gasteiger partial charge in [-0.05, 0) is 52.7 Å². The molecule has 0 aromatic heterocycles. The molecule has 0 atom stereocenters. The Labute approximate surface area is 163 Å². The Hall–Kier alpha value is -3.79. The highest BCUT2D eigenvalue weighted by atomic mass is 16.5. The number of benzene rings is 4. The summed E-state index contributed by atoms with van der Waals surface area (Å²) in [6, 6.07) is 28.8. The normalized spacial score (nSPS) is 10.6. The average Bonchev–Trinajstić information content (AvgIpc) is 2.73. The maximum absolute atomic E-state index is 11.3. The fraction of sp³-hybridized carbons (Fsp3) is 0.0417. The Morgan fingerprint density at radius 2 is 1.46 bits per heavy atom. The van der Waals surface area contributed by atoms with Gasteiger partial charge in [0.05, 0.1) is 5.56 Å². The standard InChI is InChI=1S/C24H19NO3/c26-24(27)22-7-3-4-8-23(22)25-16-17-9-12-20(13-10-17)28-21-14-11-18-5-1-2-6-19(18)15-21/h1-15,25H,16H2,(H,26,27). The van der Waals surface area contributed by atoms with Crippen LogP contribution in [0.5, 0.6) is 11.5 Å². The molecule has 0 aliphatic carbocycles. The first-order valence-corrected chi connectivity index (χ1v) is 9.01. The number of carboxylic acid groups (broad SMARTS) is 1. The van der Waals surface area contributed by atoms with Crippen LogP contribution in [0.2, 0.25) is 0 Å². The third kappa shape index (κ3) is 3.96. The highest BCUT2D eigenvalue weighted by molar-refractivity contribution is 5.94. The molecule has 0 heterocycles. The molecule has 0 aliphatic heterocycles. The number of aromatic carboxylic acids is 1. The van der Waals surface area contributed by atoms with Crippen molar-refractivity contribution >= 4 is 22.4 Å². The second-order valence-corrected chi connectivity index (χ2v) is 6.46. The fourth-order valence-electron chi connectivity index (χ4n) is 3.06. The lowest BCUT2D eigenvalue weighted by Gasteiger charge is -2.11. The van der Waals surface area contributed by atoms with E-state index in [0.29, 0.717) is 12.2 Å². The van der Waals surface area contributed by atoms with Crippen molar-refractivity contribution < 1.29 is 14.6 Å². The second-order valence-electron chi connectivity index (χ2n) is 6.46. The van der Waals surface area contributed by atoms with E-state index in [4.69, 9.17) is 4.74 Å². The van der Waals surface area contributed by atoms with Gasteiger partial charge >= 0.3 is 5.97 Å². The van der Waals surface area contributed by atoms with Gasteiger partial charge in [-0.1, -0.05) is 54.6 Å². The van der Waals surface area contributed by atoms with Crippen molar-refractivity contribution in [3.05, 3.63) is 102 Å². The summed E-state index contributed by atoms with van der Waals surface area (Å²) in [6.07, 6.45) is 0. The molecule has 28 heavy (non-hydrogen) atoms. The van der Waals surface area contributed by atoms with Crippen molar-refractivity contribution in [3.63, 3.8) is 0 Å². The van der Waals surface area contributed by atoms with Crippen LogP contribution in [0.1, 0.15) is 15.9 Å². The lowest BCUT2D eigenvalue weighted by Crippen LogP contribution is -2.06. The summed E-state index contributed by atoms with van der Waals surface area (Å²) in [5, 5.41) is 14.7. The number of nitrogens with one attached hydrogen (secondary N) is 1. The van der Waals surface area contributed by atoms with Gasteiger partial charge in [-0.2, -0.15) is 0 Å². The third-order valence-corrected chi connectivity index (χ3v) is 4.52. The van der Waals surface area contributed by atoms with Crippen LogP contribution in [-0.2, 0) is 6.54 Å². The lowest BCUT2D eigenvalue weighted by molar-refractivity contribution is 0.0698. The average molecular weight is 369 g/mol. The molecule has 4 aromatic rings. The van der Waals surface area contributed by atoms with E-state index in [2.05, 4.69) is 17.4 Å². The predicted molar refractivity (Wildman–Crippen MR) is 111 cm³/mol. The van der Waals surface area contributed by atoms with E-state index >= 15 is 0 Å². The van der Waals surface area contributed by atoms with Crippen LogP contribution in [-0.4, -0.2) is 11.1 Å². The largest absolute Gasteiger partial charge is 0.478 e. The van der Waals surface area contributed by atoms with Crippen LogP contribution < -0.4 is 10.1 Å². The topological polar surface area (TPSA) is 58.6 Å². The summed E-state index contributed by atoms with van der Waals surface area (Å²) < 4.78 is 5.96. The van der Waals surface area contributed by atoms with Crippen molar-refractivity contribution in [2.45, 2.75) is 6.54 Å². The molecule has 0 bridgehead atoms. The molecule has 4 rings (SSSR count). The van der Waals surface area contributed by atoms with Gasteiger partial charge in [0, 0.05) is 12.2 Å². The summed E-state index contributed by atoms with van der Waals surface area (Å²) in [7, 11) is 0. The number of para-hydroxylation sites is 1. The summed E-state index contributed by atoms with van der Waals surface area (Å²) in [5.74, 6) is 0.604. The third-order valence-electron chi connectivity index (χ3n) is 4.52. The van der Waals surface area contributed by atoms with Crippen molar-refractivity contribution in [2.75, 3.05) is 5.32 Å². The van der Waals surface area contributed by atoms with Gasteiger partial charge in [0.2, 0.25) is 0 Å². The van der Waals surface area contributed by atoms with Crippen molar-refractivity contribution in [1.82, 2.24) is 0 Å². The molecule has 0 amide bonds. The monoisotopic (exact) mass is 369 g/mol. The first kappa shape index (κ1) is 17.6. The zero-order valence-electron chi connectivity index (χ0n) is 15.1. The number of fused-ring (bicyclic) bond motifs is 1. The Balaban J connectivity index is 1.43. The predicted octanol–water partition coefficient (Wildman–Crippen LogP) is 5.94. The molecule has 0 aliphatic rings. The molecule has 0 radical (unpaired) electrons. The summed E-state index contributed by atoms with van der Waals surface area (Å²) in [5.41, 5.74) is 1.90. The Morgan fingerprint density at radius 1 is 0.786 bits per heavy atom. The van der Waals surface area contributed by atoms with E-state index < -0.39 is 5.97 Å². The minimum Gasteiger partial charge on any atom is -0.478 e. The highest BCUT2D eigenvalue weighted by Gasteiger charge is 2.08. The second kappa shape index (κ2) is 7.84. The van der Waals surface area contributed by atoms with Crippen molar-refractivity contribution in [1.29, 1.82) is 0 Å². The van der Waals surface area contributed by atoms with E-state index in [1.54, 1.807) is 18.2 Å². The number of rotatable bonds is 6. The Morgan fingerprint density at radius 3 is 2.25 bits per heavy atom. The van der Waals surface area contributed by atoms with Crippen molar-refractivity contribution in [2.24, 2.45) is 0 Å². The minimum atomic E-state index is -0.942. The van der Waals surface area contributed by atoms with Crippen LogP contribution in [0.4, 0.5) is 5.69 Å². The molecule has 2 N–H and O–H groups in total. The highest BCUT2D eigenvalue weighted by Crippen LogP contribution is 2.26. The maximum Gasteiger partial charge on any atom is 0.337 e. The van der Waals surface area contributed by atoms with Crippen LogP contribution in [0.3, 0.4) is 0 Å². The minimum absolute atomic E-state index is 0.263. The molecular weight excluding hydrogens is 350 g/mol. The lowest BCUT2D eigenvalue weighted by atomic mass is 10.1. The van der Waals surface area contributed by atoms with Gasteiger partial charge < -0.3 is 15.2 Å². The van der Waals surface area contributed by atoms with Crippen LogP contribution in [0.15, 0.2) is 91.0 Å². The number of ether oxygens (including phenoxy) is 1. The number of anilines is 1. The molecular formula is C24H19NO3. The van der Waals surface area contributed by atoms with E-state index in [1.807, 2.05) is 60.7 Å². The molecule has 0 unspecified atom stereocenters. The summed E-state index contributed by atoms with van der Waals surface area (Å²) >= 11 is 0. The molecule has 138 valence electrons. The van der Waals surface area contributed by atoms with Gasteiger partial charge in [0.1, 0.15) is 11.5 Å². The van der Waals surface area contributed by atoms with E-state index in [-0.39, 0.29) is 5.56 Å². The van der Waals surface area contributed by atoms with Gasteiger partial charge in [0.15, 0.2) is 0 Å². The van der Waals surface area contributed by atoms with E-state index in [0.717, 1.165) is 22.4 Å². The van der Waals surface area contributed by atoms with Crippen LogP contribution in [0.25, 0.3) is 10.8 Å². The fourth-order valence-corrected chi connectivity index (χ4v) is 3.06. The summed E-state index contributed by atoms with van der Waals surface area (Å²) in [4.78, 5) is 11.3. The first-order valence-electron chi connectivity index (χ1n) is 9.01. The molecule has 0 spiro atoms. The van der Waals surface area contributed by atoms with Gasteiger partial charge in [-0.25, -0.2) is 4.79 Å². The molecule has 0 fully saturated rings. The molecule has 0 saturated heterocycles. The van der Waals surface area contributed by atoms with Gasteiger partial charge in [-0.3, -0.25) is 0 Å². The Kier molecular flexibility index (Phi) is 4.93. The number of hydrogen-bond donors (Lipinski definition) is 2. The van der Waals surface area contributed by atoms with Gasteiger partial charge in [0.25, 0.3) is 0 Å². The quantitative estimate of drug-likeness (QED) is 0.441. The summed E-state index contributed by atoms with van der Waals surface area (Å²) in [6.45, 7) is 0.528. The molecule has 4 nitrogen and oxygen atoms in total. The number of carbonyl (C=O) groups is 1. The van der Waals surface area contributed by atoms with Crippen molar-refractivity contribution in [3.8, 4) is 11.5 Å². The van der Waals surface area contributed by atoms with E-state index in [1.165, 1.54) is 5.39 Å². The van der Waals surface area contributed by atoms with Gasteiger partial charge in [-0.15, -0.1) is 0 Å². The maximum atomic E-state index is 11.3. The first-order chi connectivity index (χ1) is 13.7. The molecule has 4 heteroatoms. The smallest absolute Gasteiger partial charge is 0.337 e. The molecule has 4 aromatic carbocycles.